The molecule has 0 bridgehead atoms. The van der Waals surface area contributed by atoms with Crippen molar-refractivity contribution in [3.05, 3.63) is 0 Å². The van der Waals surface area contributed by atoms with Crippen LogP contribution in [0, 0.1) is 0 Å². The number of nitrogens with zero attached hydrogens (tertiary/aromatic N) is 2. The van der Waals surface area contributed by atoms with Gasteiger partial charge in [0.25, 0.3) is 0 Å². The van der Waals surface area contributed by atoms with Crippen molar-refractivity contribution in [1.82, 2.24) is 0 Å². The van der Waals surface area contributed by atoms with Crippen molar-refractivity contribution in [2.45, 2.75) is 6.92 Å². The maximum Gasteiger partial charge on any atom is 0.110 e. The molecule has 2 heteroatoms. The molecule has 0 saturated carbocycles. The maximum absolute atomic E-state index is 3.86. The molecule has 1 rings (SSSR count). The van der Waals surface area contributed by atoms with Gasteiger partial charge in [-0.05, 0) is 6.92 Å². The Morgan fingerprint density at radius 1 is 1.83 bits per heavy atom. The van der Waals surface area contributed by atoms with E-state index in [4.69, 9.17) is 0 Å². The summed E-state index contributed by atoms with van der Waals surface area (Å²) in [6.07, 6.45) is 1.59. The van der Waals surface area contributed by atoms with Crippen LogP contribution in [-0.2, 0) is 0 Å². The van der Waals surface area contributed by atoms with Gasteiger partial charge in [-0.25, -0.2) is 4.99 Å². The highest BCUT2D eigenvalue weighted by Crippen LogP contribution is 1.83. The second-order valence-electron chi connectivity index (χ2n) is 1.32. The fourth-order valence-electron chi connectivity index (χ4n) is 0.353. The summed E-state index contributed by atoms with van der Waals surface area (Å²) in [5, 5.41) is 0. The second kappa shape index (κ2) is 1.20. The van der Waals surface area contributed by atoms with E-state index in [2.05, 4.69) is 9.98 Å². The van der Waals surface area contributed by atoms with Crippen LogP contribution in [0.2, 0.25) is 0 Å². The van der Waals surface area contributed by atoms with Gasteiger partial charge in [0.05, 0.1) is 6.54 Å². The van der Waals surface area contributed by atoms with Gasteiger partial charge >= 0.3 is 0 Å². The van der Waals surface area contributed by atoms with Crippen LogP contribution >= 0.6 is 0 Å². The van der Waals surface area contributed by atoms with E-state index in [1.54, 1.807) is 6.34 Å². The average molecular weight is 82.1 g/mol. The van der Waals surface area contributed by atoms with Crippen molar-refractivity contribution in [2.75, 3.05) is 6.54 Å². The molecule has 0 aromatic heterocycles. The van der Waals surface area contributed by atoms with Gasteiger partial charge in [0, 0.05) is 5.71 Å². The van der Waals surface area contributed by atoms with Crippen LogP contribution in [0.4, 0.5) is 0 Å². The van der Waals surface area contributed by atoms with Gasteiger partial charge in [-0.2, -0.15) is 0 Å². The van der Waals surface area contributed by atoms with Gasteiger partial charge in [0.1, 0.15) is 6.34 Å². The van der Waals surface area contributed by atoms with Crippen LogP contribution in [0.3, 0.4) is 0 Å². The lowest BCUT2D eigenvalue weighted by molar-refractivity contribution is 1.34. The lowest BCUT2D eigenvalue weighted by atomic mass is 10.4. The average Bonchev–Trinajstić information content (AvgIpc) is 1.86. The van der Waals surface area contributed by atoms with Crippen LogP contribution in [0.15, 0.2) is 9.98 Å². The van der Waals surface area contributed by atoms with Crippen LogP contribution in [-0.4, -0.2) is 18.6 Å². The van der Waals surface area contributed by atoms with E-state index >= 15 is 0 Å². The third-order valence-electron chi connectivity index (χ3n) is 0.680. The van der Waals surface area contributed by atoms with E-state index in [-0.39, 0.29) is 0 Å². The van der Waals surface area contributed by atoms with E-state index in [9.17, 15) is 0 Å². The quantitative estimate of drug-likeness (QED) is 0.406. The lowest BCUT2D eigenvalue weighted by Crippen LogP contribution is -1.87. The summed E-state index contributed by atoms with van der Waals surface area (Å²) in [5.41, 5.74) is 1.11. The first-order valence-corrected chi connectivity index (χ1v) is 1.91. The molecule has 0 spiro atoms. The Kier molecular flexibility index (Phi) is 0.708. The van der Waals surface area contributed by atoms with Crippen molar-refractivity contribution >= 4 is 12.1 Å². The minimum atomic E-state index is 0.806. The van der Waals surface area contributed by atoms with Gasteiger partial charge in [0.2, 0.25) is 0 Å². The Balaban J connectivity index is 2.61. The summed E-state index contributed by atoms with van der Waals surface area (Å²) in [5.74, 6) is 0. The molecule has 1 aliphatic rings. The van der Waals surface area contributed by atoms with Gasteiger partial charge in [0.15, 0.2) is 0 Å². The molecular weight excluding hydrogens is 76.1 g/mol. The van der Waals surface area contributed by atoms with E-state index < -0.39 is 0 Å². The molecule has 0 N–H and O–H groups in total. The van der Waals surface area contributed by atoms with E-state index in [0.717, 1.165) is 12.3 Å². The molecule has 0 amide bonds. The summed E-state index contributed by atoms with van der Waals surface area (Å²) in [6, 6.07) is 0. The number of hydrogen-bond donors (Lipinski definition) is 0. The van der Waals surface area contributed by atoms with E-state index in [1.165, 1.54) is 0 Å². The van der Waals surface area contributed by atoms with E-state index in [0.29, 0.717) is 0 Å². The van der Waals surface area contributed by atoms with Crippen LogP contribution in [0.25, 0.3) is 0 Å². The molecule has 32 valence electrons. The normalized spacial score (nSPS) is 18.5. The van der Waals surface area contributed by atoms with Crippen molar-refractivity contribution < 1.29 is 0 Å². The molecule has 0 saturated heterocycles. The predicted octanol–water partition coefficient (Wildman–Crippen LogP) is 0.489. The Morgan fingerprint density at radius 3 is 2.83 bits per heavy atom. The first kappa shape index (κ1) is 3.53. The molecule has 1 aliphatic heterocycles. The van der Waals surface area contributed by atoms with Crippen LogP contribution < -0.4 is 0 Å². The first-order valence-electron chi connectivity index (χ1n) is 1.91. The van der Waals surface area contributed by atoms with Gasteiger partial charge < -0.3 is 0 Å². The Morgan fingerprint density at radius 2 is 2.67 bits per heavy atom. The Bertz CT molecular complexity index is 102. The van der Waals surface area contributed by atoms with Crippen LogP contribution in [0.5, 0.6) is 0 Å². The smallest absolute Gasteiger partial charge is 0.110 e. The van der Waals surface area contributed by atoms with Gasteiger partial charge in [-0.1, -0.05) is 0 Å². The summed E-state index contributed by atoms with van der Waals surface area (Å²) in [6.45, 7) is 2.77. The predicted molar refractivity (Wildman–Crippen MR) is 26.5 cm³/mol. The summed E-state index contributed by atoms with van der Waals surface area (Å²) in [4.78, 5) is 7.70. The lowest BCUT2D eigenvalue weighted by Gasteiger charge is -1.75. The zero-order chi connectivity index (χ0) is 4.41. The third-order valence-corrected chi connectivity index (χ3v) is 0.680. The molecular formula is C4H6N2. The van der Waals surface area contributed by atoms with Crippen molar-refractivity contribution in [2.24, 2.45) is 9.98 Å². The largest absolute Gasteiger partial charge is 0.267 e. The molecule has 0 radical (unpaired) electrons. The number of aliphatic imine (C=N–C) groups is 2. The molecule has 0 aromatic carbocycles. The standard InChI is InChI=1S/C4H6N2/c1-4-2-5-3-6-4/h3H,2H2,1H3. The molecule has 0 aromatic rings. The molecule has 2 nitrogen and oxygen atoms in total. The summed E-state index contributed by atoms with van der Waals surface area (Å²) in [7, 11) is 0. The third kappa shape index (κ3) is 0.455. The first-order chi connectivity index (χ1) is 2.89. The van der Waals surface area contributed by atoms with Crippen molar-refractivity contribution in [3.8, 4) is 0 Å². The van der Waals surface area contributed by atoms with Crippen LogP contribution in [0.1, 0.15) is 6.92 Å². The second-order valence-corrected chi connectivity index (χ2v) is 1.32. The summed E-state index contributed by atoms with van der Waals surface area (Å²) >= 11 is 0. The van der Waals surface area contributed by atoms with Gasteiger partial charge in [-0.3, -0.25) is 4.99 Å². The maximum atomic E-state index is 3.86. The minimum absolute atomic E-state index is 0.806. The van der Waals surface area contributed by atoms with Gasteiger partial charge in [-0.15, -0.1) is 0 Å². The Hall–Kier alpha value is -0.660. The SMILES string of the molecule is CC1=NC=NC1. The van der Waals surface area contributed by atoms with Crippen molar-refractivity contribution in [1.29, 1.82) is 0 Å². The highest BCUT2D eigenvalue weighted by Gasteiger charge is 1.89. The molecule has 0 unspecified atom stereocenters. The molecule has 6 heavy (non-hydrogen) atoms. The topological polar surface area (TPSA) is 24.7 Å². The highest BCUT2D eigenvalue weighted by atomic mass is 14.9. The highest BCUT2D eigenvalue weighted by molar-refractivity contribution is 5.94. The molecule has 0 atom stereocenters. The Labute approximate surface area is 36.6 Å². The number of rotatable bonds is 0. The molecule has 0 fully saturated rings. The minimum Gasteiger partial charge on any atom is -0.267 e. The molecule has 1 heterocycles. The zero-order valence-corrected chi connectivity index (χ0v) is 3.68. The van der Waals surface area contributed by atoms with E-state index in [1.807, 2.05) is 6.92 Å². The summed E-state index contributed by atoms with van der Waals surface area (Å²) < 4.78 is 0. The fraction of sp³-hybridized carbons (Fsp3) is 0.500. The fourth-order valence-corrected chi connectivity index (χ4v) is 0.353. The molecule has 0 aliphatic carbocycles. The zero-order valence-electron chi connectivity index (χ0n) is 3.68. The number of hydrogen-bond acceptors (Lipinski definition) is 2. The van der Waals surface area contributed by atoms with Crippen molar-refractivity contribution in [3.63, 3.8) is 0 Å². The monoisotopic (exact) mass is 82.1 g/mol.